The van der Waals surface area contributed by atoms with E-state index < -0.39 is 21.9 Å². The second kappa shape index (κ2) is 6.06. The van der Waals surface area contributed by atoms with E-state index >= 15 is 0 Å². The lowest BCUT2D eigenvalue weighted by Gasteiger charge is -2.11. The van der Waals surface area contributed by atoms with Gasteiger partial charge in [-0.05, 0) is 18.2 Å². The molecule has 5 nitrogen and oxygen atoms in total. The van der Waals surface area contributed by atoms with Gasteiger partial charge in [0.15, 0.2) is 0 Å². The lowest BCUT2D eigenvalue weighted by Crippen LogP contribution is -2.34. The van der Waals surface area contributed by atoms with Crippen LogP contribution in [0.5, 0.6) is 0 Å². The summed E-state index contributed by atoms with van der Waals surface area (Å²) in [5.74, 6) is -0.634. The lowest BCUT2D eigenvalue weighted by atomic mass is 10.4. The van der Waals surface area contributed by atoms with E-state index in [4.69, 9.17) is 0 Å². The normalized spacial score (nSPS) is 13.6. The zero-order valence-electron chi connectivity index (χ0n) is 9.26. The first kappa shape index (κ1) is 14.0. The van der Waals surface area contributed by atoms with E-state index in [0.717, 1.165) is 12.1 Å². The number of hydrogen-bond acceptors (Lipinski definition) is 4. The number of aliphatic hydroxyl groups is 1. The second-order valence-corrected chi connectivity index (χ2v) is 5.19. The minimum atomic E-state index is -3.80. The van der Waals surface area contributed by atoms with Crippen LogP contribution < -0.4 is 4.72 Å². The molecular formula is C10H14FNO4S. The summed E-state index contributed by atoms with van der Waals surface area (Å²) in [4.78, 5) is -0.179. The van der Waals surface area contributed by atoms with Crippen LogP contribution in [0.25, 0.3) is 0 Å². The van der Waals surface area contributed by atoms with Crippen molar-refractivity contribution in [2.45, 2.75) is 11.0 Å². The van der Waals surface area contributed by atoms with Crippen LogP contribution in [0.4, 0.5) is 4.39 Å². The Kier molecular flexibility index (Phi) is 5.01. The van der Waals surface area contributed by atoms with Gasteiger partial charge in [0.1, 0.15) is 5.82 Å². The Hall–Kier alpha value is -1.02. The van der Waals surface area contributed by atoms with Crippen LogP contribution in [-0.4, -0.2) is 39.9 Å². The average Bonchev–Trinajstić information content (AvgIpc) is 2.27. The third-order valence-electron chi connectivity index (χ3n) is 1.97. The molecule has 96 valence electrons. The second-order valence-electron chi connectivity index (χ2n) is 3.42. The SMILES string of the molecule is COCC(O)CNS(=O)(=O)c1cccc(F)c1. The van der Waals surface area contributed by atoms with Crippen molar-refractivity contribution in [3.63, 3.8) is 0 Å². The standard InChI is InChI=1S/C10H14FNO4S/c1-16-7-9(13)6-12-17(14,15)10-4-2-3-8(11)5-10/h2-5,9,12-13H,6-7H2,1H3. The maximum Gasteiger partial charge on any atom is 0.240 e. The first-order valence-electron chi connectivity index (χ1n) is 4.88. The zero-order valence-corrected chi connectivity index (χ0v) is 10.1. The van der Waals surface area contributed by atoms with Gasteiger partial charge in [-0.15, -0.1) is 0 Å². The minimum Gasteiger partial charge on any atom is -0.389 e. The number of ether oxygens (including phenoxy) is 1. The van der Waals surface area contributed by atoms with Gasteiger partial charge in [-0.2, -0.15) is 0 Å². The van der Waals surface area contributed by atoms with Crippen molar-refractivity contribution in [2.75, 3.05) is 20.3 Å². The third kappa shape index (κ3) is 4.39. The van der Waals surface area contributed by atoms with Crippen molar-refractivity contribution in [3.8, 4) is 0 Å². The highest BCUT2D eigenvalue weighted by Gasteiger charge is 2.16. The van der Waals surface area contributed by atoms with E-state index in [2.05, 4.69) is 9.46 Å². The number of benzene rings is 1. The molecule has 0 fully saturated rings. The summed E-state index contributed by atoms with van der Waals surface area (Å²) in [5.41, 5.74) is 0. The number of methoxy groups -OCH3 is 1. The smallest absolute Gasteiger partial charge is 0.240 e. The maximum atomic E-state index is 12.9. The molecular weight excluding hydrogens is 249 g/mol. The number of rotatable bonds is 6. The van der Waals surface area contributed by atoms with Crippen molar-refractivity contribution >= 4 is 10.0 Å². The van der Waals surface area contributed by atoms with Crippen molar-refractivity contribution in [1.29, 1.82) is 0 Å². The van der Waals surface area contributed by atoms with Gasteiger partial charge in [0.05, 0.1) is 17.6 Å². The van der Waals surface area contributed by atoms with Gasteiger partial charge < -0.3 is 9.84 Å². The van der Waals surface area contributed by atoms with E-state index in [1.165, 1.54) is 19.2 Å². The summed E-state index contributed by atoms with van der Waals surface area (Å²) in [6.07, 6.45) is -0.941. The summed E-state index contributed by atoms with van der Waals surface area (Å²) in [6.45, 7) is -0.168. The molecule has 2 N–H and O–H groups in total. The molecule has 17 heavy (non-hydrogen) atoms. The highest BCUT2D eigenvalue weighted by Crippen LogP contribution is 2.09. The number of nitrogens with one attached hydrogen (secondary N) is 1. The Labute approximate surface area is 99.3 Å². The molecule has 0 saturated heterocycles. The maximum absolute atomic E-state index is 12.9. The molecule has 0 aliphatic heterocycles. The molecule has 0 spiro atoms. The van der Waals surface area contributed by atoms with Crippen LogP contribution in [0, 0.1) is 5.82 Å². The van der Waals surface area contributed by atoms with Gasteiger partial charge in [0, 0.05) is 13.7 Å². The molecule has 1 aromatic rings. The lowest BCUT2D eigenvalue weighted by molar-refractivity contribution is 0.0679. The highest BCUT2D eigenvalue weighted by molar-refractivity contribution is 7.89. The summed E-state index contributed by atoms with van der Waals surface area (Å²) in [5, 5.41) is 9.29. The Morgan fingerprint density at radius 1 is 1.53 bits per heavy atom. The number of aliphatic hydroxyl groups excluding tert-OH is 1. The van der Waals surface area contributed by atoms with Crippen molar-refractivity contribution < 1.29 is 22.7 Å². The fourth-order valence-corrected chi connectivity index (χ4v) is 2.28. The summed E-state index contributed by atoms with van der Waals surface area (Å²) in [6, 6.07) is 4.63. The predicted octanol–water partition coefficient (Wildman–Crippen LogP) is 0.111. The third-order valence-corrected chi connectivity index (χ3v) is 3.40. The molecule has 7 heteroatoms. The molecule has 0 aliphatic carbocycles. The van der Waals surface area contributed by atoms with Gasteiger partial charge in [-0.25, -0.2) is 17.5 Å². The molecule has 0 aliphatic rings. The van der Waals surface area contributed by atoms with Crippen molar-refractivity contribution in [3.05, 3.63) is 30.1 Å². The molecule has 0 amide bonds. The number of halogens is 1. The molecule has 1 atom stereocenters. The van der Waals surface area contributed by atoms with Gasteiger partial charge in [0.25, 0.3) is 0 Å². The van der Waals surface area contributed by atoms with Crippen LogP contribution in [0.1, 0.15) is 0 Å². The fraction of sp³-hybridized carbons (Fsp3) is 0.400. The van der Waals surface area contributed by atoms with E-state index in [1.54, 1.807) is 0 Å². The molecule has 0 heterocycles. The Morgan fingerprint density at radius 3 is 2.82 bits per heavy atom. The van der Waals surface area contributed by atoms with E-state index in [1.807, 2.05) is 0 Å². The minimum absolute atomic E-state index is 0.0195. The number of hydrogen-bond donors (Lipinski definition) is 2. The Bertz CT molecular complexity index is 463. The predicted molar refractivity (Wildman–Crippen MR) is 59.5 cm³/mol. The van der Waals surface area contributed by atoms with Crippen LogP contribution in [-0.2, 0) is 14.8 Å². The van der Waals surface area contributed by atoms with E-state index in [9.17, 15) is 17.9 Å². The van der Waals surface area contributed by atoms with Crippen LogP contribution >= 0.6 is 0 Å². The average molecular weight is 263 g/mol. The van der Waals surface area contributed by atoms with E-state index in [-0.39, 0.29) is 18.0 Å². The molecule has 1 aromatic carbocycles. The molecule has 0 radical (unpaired) electrons. The van der Waals surface area contributed by atoms with Gasteiger partial charge >= 0.3 is 0 Å². The molecule has 0 bridgehead atoms. The molecule has 0 aromatic heterocycles. The van der Waals surface area contributed by atoms with Gasteiger partial charge in [0.2, 0.25) is 10.0 Å². The van der Waals surface area contributed by atoms with Gasteiger partial charge in [-0.3, -0.25) is 0 Å². The molecule has 1 unspecified atom stereocenters. The summed E-state index contributed by atoms with van der Waals surface area (Å²) in [7, 11) is -2.41. The summed E-state index contributed by atoms with van der Waals surface area (Å²) >= 11 is 0. The Morgan fingerprint density at radius 2 is 2.24 bits per heavy atom. The fourth-order valence-electron chi connectivity index (χ4n) is 1.17. The van der Waals surface area contributed by atoms with Crippen LogP contribution in [0.3, 0.4) is 0 Å². The first-order chi connectivity index (χ1) is 7.95. The number of sulfonamides is 1. The largest absolute Gasteiger partial charge is 0.389 e. The van der Waals surface area contributed by atoms with E-state index in [0.29, 0.717) is 0 Å². The van der Waals surface area contributed by atoms with Crippen molar-refractivity contribution in [2.24, 2.45) is 0 Å². The van der Waals surface area contributed by atoms with Crippen LogP contribution in [0.2, 0.25) is 0 Å². The summed E-state index contributed by atoms with van der Waals surface area (Å²) < 4.78 is 43.0. The monoisotopic (exact) mass is 263 g/mol. The van der Waals surface area contributed by atoms with Crippen molar-refractivity contribution in [1.82, 2.24) is 4.72 Å². The Balaban J connectivity index is 2.69. The van der Waals surface area contributed by atoms with Gasteiger partial charge in [-0.1, -0.05) is 6.07 Å². The first-order valence-corrected chi connectivity index (χ1v) is 6.36. The quantitative estimate of drug-likeness (QED) is 0.764. The molecule has 0 saturated carbocycles. The highest BCUT2D eigenvalue weighted by atomic mass is 32.2. The molecule has 1 rings (SSSR count). The van der Waals surface area contributed by atoms with Crippen LogP contribution in [0.15, 0.2) is 29.2 Å². The topological polar surface area (TPSA) is 75.6 Å². The zero-order chi connectivity index (χ0) is 12.9.